The summed E-state index contributed by atoms with van der Waals surface area (Å²) in [5.74, 6) is 0. The van der Waals surface area contributed by atoms with Crippen LogP contribution in [0.1, 0.15) is 20.3 Å². The van der Waals surface area contributed by atoms with E-state index >= 15 is 0 Å². The Bertz CT molecular complexity index is 340. The summed E-state index contributed by atoms with van der Waals surface area (Å²) in [6.45, 7) is 6.55. The summed E-state index contributed by atoms with van der Waals surface area (Å²) in [5.41, 5.74) is -6.26. The van der Waals surface area contributed by atoms with Crippen LogP contribution in [0, 0.1) is 0 Å². The normalized spacial score (nSPS) is 12.8. The first-order chi connectivity index (χ1) is 8.21. The van der Waals surface area contributed by atoms with Gasteiger partial charge in [-0.1, -0.05) is 19.1 Å². The van der Waals surface area contributed by atoms with Gasteiger partial charge < -0.3 is 20.1 Å². The molecule has 0 aliphatic carbocycles. The quantitative estimate of drug-likeness (QED) is 0.458. The third-order valence-corrected chi connectivity index (χ3v) is 5.96. The van der Waals surface area contributed by atoms with Crippen molar-refractivity contribution in [1.29, 1.82) is 0 Å². The molecule has 0 aromatic carbocycles. The number of rotatable bonds is 8. The minimum absolute atomic E-state index is 0.00952. The fraction of sp³-hybridized carbons (Fsp3) is 0.500. The fourth-order valence-corrected chi connectivity index (χ4v) is 3.80. The van der Waals surface area contributed by atoms with Crippen LogP contribution in [0.3, 0.4) is 0 Å². The van der Waals surface area contributed by atoms with Gasteiger partial charge in [0.25, 0.3) is 16.8 Å². The van der Waals surface area contributed by atoms with E-state index in [4.69, 9.17) is 20.1 Å². The van der Waals surface area contributed by atoms with Crippen molar-refractivity contribution in [3.8, 4) is 0 Å². The number of carbonyl (C=O) groups is 3. The van der Waals surface area contributed by atoms with Gasteiger partial charge in [0.2, 0.25) is 0 Å². The molecule has 0 aromatic heterocycles. The summed E-state index contributed by atoms with van der Waals surface area (Å²) in [6, 6.07) is 0. The molecule has 0 fully saturated rings. The maximum Gasteiger partial charge on any atom is 0.459 e. The maximum atomic E-state index is 11.1. The Morgan fingerprint density at radius 1 is 1.17 bits per heavy atom. The fourth-order valence-electron chi connectivity index (χ4n) is 1.48. The van der Waals surface area contributed by atoms with Crippen molar-refractivity contribution in [2.75, 3.05) is 6.61 Å². The molecule has 0 radical (unpaired) electrons. The second-order valence-corrected chi connectivity index (χ2v) is 7.43. The average Bonchev–Trinajstić information content (AvgIpc) is 2.21. The van der Waals surface area contributed by atoms with Crippen molar-refractivity contribution >= 4 is 24.9 Å². The zero-order valence-corrected chi connectivity index (χ0v) is 11.2. The zero-order valence-electron chi connectivity index (χ0n) is 10.2. The first kappa shape index (κ1) is 16.3. The molecule has 7 nitrogen and oxygen atoms in total. The van der Waals surface area contributed by atoms with E-state index in [2.05, 4.69) is 6.58 Å². The lowest BCUT2D eigenvalue weighted by Crippen LogP contribution is -2.67. The Balaban J connectivity index is 5.51. The van der Waals surface area contributed by atoms with Crippen molar-refractivity contribution < 1.29 is 34.4 Å². The van der Waals surface area contributed by atoms with E-state index in [-0.39, 0.29) is 13.0 Å². The number of hydrogen-bond acceptors (Lipinski definition) is 4. The molecule has 1 atom stereocenters. The van der Waals surface area contributed by atoms with Crippen molar-refractivity contribution in [3.63, 3.8) is 0 Å². The summed E-state index contributed by atoms with van der Waals surface area (Å²) < 4.78 is 5.12. The summed E-state index contributed by atoms with van der Waals surface area (Å²) in [6.07, 6.45) is -0.00952. The van der Waals surface area contributed by atoms with E-state index in [1.54, 1.807) is 6.92 Å². The first-order valence-electron chi connectivity index (χ1n) is 5.17. The monoisotopic (exact) mass is 276 g/mol. The third kappa shape index (κ3) is 2.96. The van der Waals surface area contributed by atoms with Crippen LogP contribution in [-0.2, 0) is 4.74 Å². The standard InChI is InChI=1S/C10H16O7Si/c1-4-7(17-5-6(2)3)18(8(11)12,9(13)14)10(15)16/h7H,2,4-5H2,1,3H3,(H,11,12)(H,13,14)(H,15,16). The van der Waals surface area contributed by atoms with E-state index in [9.17, 15) is 14.4 Å². The molecule has 0 rings (SSSR count). The summed E-state index contributed by atoms with van der Waals surface area (Å²) in [7, 11) is -4.74. The van der Waals surface area contributed by atoms with Crippen molar-refractivity contribution in [2.24, 2.45) is 0 Å². The van der Waals surface area contributed by atoms with Crippen molar-refractivity contribution in [3.05, 3.63) is 12.2 Å². The van der Waals surface area contributed by atoms with Gasteiger partial charge in [-0.3, -0.25) is 14.4 Å². The van der Waals surface area contributed by atoms with E-state index in [0.29, 0.717) is 5.57 Å². The highest BCUT2D eigenvalue weighted by Crippen LogP contribution is 2.20. The third-order valence-electron chi connectivity index (χ3n) is 2.40. The average molecular weight is 276 g/mol. The largest absolute Gasteiger partial charge is 0.485 e. The minimum Gasteiger partial charge on any atom is -0.485 e. The van der Waals surface area contributed by atoms with Crippen LogP contribution in [0.5, 0.6) is 0 Å². The molecule has 0 aliphatic rings. The highest BCUT2D eigenvalue weighted by molar-refractivity contribution is 7.38. The van der Waals surface area contributed by atoms with Gasteiger partial charge in [-0.25, -0.2) is 0 Å². The lowest BCUT2D eigenvalue weighted by Gasteiger charge is -2.26. The molecule has 1 unspecified atom stereocenters. The van der Waals surface area contributed by atoms with E-state index in [1.807, 2.05) is 0 Å². The van der Waals surface area contributed by atoms with Gasteiger partial charge in [0.15, 0.2) is 0 Å². The molecule has 0 amide bonds. The zero-order chi connectivity index (χ0) is 14.5. The van der Waals surface area contributed by atoms with Gasteiger partial charge in [0, 0.05) is 0 Å². The van der Waals surface area contributed by atoms with Crippen LogP contribution in [0.25, 0.3) is 0 Å². The lowest BCUT2D eigenvalue weighted by molar-refractivity contribution is 0.111. The molecule has 18 heavy (non-hydrogen) atoms. The second-order valence-electron chi connectivity index (χ2n) is 3.89. The van der Waals surface area contributed by atoms with Crippen molar-refractivity contribution in [2.45, 2.75) is 26.0 Å². The van der Waals surface area contributed by atoms with Gasteiger partial charge >= 0.3 is 8.07 Å². The van der Waals surface area contributed by atoms with E-state index in [0.717, 1.165) is 0 Å². The van der Waals surface area contributed by atoms with Crippen LogP contribution < -0.4 is 0 Å². The van der Waals surface area contributed by atoms with E-state index < -0.39 is 30.6 Å². The number of carboxylic acid groups (broad SMARTS) is 3. The van der Waals surface area contributed by atoms with Crippen LogP contribution in [0.15, 0.2) is 12.2 Å². The molecule has 0 aliphatic heterocycles. The Morgan fingerprint density at radius 3 is 1.78 bits per heavy atom. The SMILES string of the molecule is C=C(C)COC(CC)[Si](C(=O)O)(C(=O)O)C(=O)O. The molecule has 0 aromatic rings. The van der Waals surface area contributed by atoms with Crippen LogP contribution in [0.4, 0.5) is 14.4 Å². The number of ether oxygens (including phenoxy) is 1. The summed E-state index contributed by atoms with van der Waals surface area (Å²) in [5, 5.41) is 27.1. The predicted octanol–water partition coefficient (Wildman–Crippen LogP) is 2.12. The molecule has 0 saturated heterocycles. The van der Waals surface area contributed by atoms with Crippen LogP contribution in [0.2, 0.25) is 0 Å². The lowest BCUT2D eigenvalue weighted by atomic mass is 10.4. The van der Waals surface area contributed by atoms with Gasteiger partial charge in [-0.15, -0.1) is 0 Å². The Morgan fingerprint density at radius 2 is 1.56 bits per heavy atom. The Hall–Kier alpha value is -1.67. The van der Waals surface area contributed by atoms with Gasteiger partial charge in [0.1, 0.15) is 0 Å². The molecule has 102 valence electrons. The predicted molar refractivity (Wildman–Crippen MR) is 64.7 cm³/mol. The first-order valence-corrected chi connectivity index (χ1v) is 7.25. The Labute approximate surface area is 105 Å². The topological polar surface area (TPSA) is 121 Å². The number of hydrogen-bond donors (Lipinski definition) is 3. The minimum atomic E-state index is -4.74. The molecule has 0 heterocycles. The van der Waals surface area contributed by atoms with Gasteiger partial charge in [0.05, 0.1) is 12.3 Å². The molecule has 0 saturated carbocycles. The summed E-state index contributed by atoms with van der Waals surface area (Å²) >= 11 is 0. The highest BCUT2D eigenvalue weighted by Gasteiger charge is 2.65. The maximum absolute atomic E-state index is 11.1. The van der Waals surface area contributed by atoms with E-state index in [1.165, 1.54) is 6.92 Å². The molecule has 8 heteroatoms. The van der Waals surface area contributed by atoms with Crippen LogP contribution in [-0.4, -0.2) is 52.5 Å². The van der Waals surface area contributed by atoms with Gasteiger partial charge in [-0.2, -0.15) is 0 Å². The molecule has 3 N–H and O–H groups in total. The highest BCUT2D eigenvalue weighted by atomic mass is 28.3. The Kier molecular flexibility index (Phi) is 5.72. The second kappa shape index (κ2) is 6.31. The molecule has 0 spiro atoms. The summed E-state index contributed by atoms with van der Waals surface area (Å²) in [4.78, 5) is 33.4. The smallest absolute Gasteiger partial charge is 0.459 e. The van der Waals surface area contributed by atoms with Crippen molar-refractivity contribution in [1.82, 2.24) is 0 Å². The molecule has 0 bridgehead atoms. The molecular formula is C10H16O7Si. The van der Waals surface area contributed by atoms with Crippen LogP contribution >= 0.6 is 0 Å². The molecular weight excluding hydrogens is 260 g/mol. The van der Waals surface area contributed by atoms with Gasteiger partial charge in [-0.05, 0) is 13.3 Å².